The highest BCUT2D eigenvalue weighted by Crippen LogP contribution is 2.33. The lowest BCUT2D eigenvalue weighted by atomic mass is 10.0. The summed E-state index contributed by atoms with van der Waals surface area (Å²) in [5.74, 6) is 1.36. The predicted octanol–water partition coefficient (Wildman–Crippen LogP) is 0.596. The standard InChI is InChI=1S/C15H24N2O3/c1-10(2)5-16-6-12-7-17(8-13(12)15(16)19)14(18)11-3-4-20-9-11/h10-13H,3-9H2,1-2H3/t11?,12-,13+/m1/s1. The lowest BCUT2D eigenvalue weighted by Crippen LogP contribution is -2.39. The Kier molecular flexibility index (Phi) is 3.71. The minimum absolute atomic E-state index is 0.0238. The molecule has 112 valence electrons. The molecule has 5 heteroatoms. The van der Waals surface area contributed by atoms with Gasteiger partial charge in [-0.05, 0) is 12.3 Å². The molecule has 3 saturated heterocycles. The van der Waals surface area contributed by atoms with E-state index in [-0.39, 0.29) is 23.7 Å². The van der Waals surface area contributed by atoms with Crippen LogP contribution in [0, 0.1) is 23.7 Å². The third kappa shape index (κ3) is 2.43. The molecule has 0 aromatic heterocycles. The number of amides is 2. The number of rotatable bonds is 3. The van der Waals surface area contributed by atoms with Gasteiger partial charge >= 0.3 is 0 Å². The highest BCUT2D eigenvalue weighted by molar-refractivity contribution is 5.85. The maximum atomic E-state index is 12.4. The summed E-state index contributed by atoms with van der Waals surface area (Å²) in [5.41, 5.74) is 0. The van der Waals surface area contributed by atoms with Gasteiger partial charge in [-0.3, -0.25) is 9.59 Å². The molecular weight excluding hydrogens is 256 g/mol. The molecule has 0 aromatic carbocycles. The van der Waals surface area contributed by atoms with Gasteiger partial charge in [0.25, 0.3) is 0 Å². The summed E-state index contributed by atoms with van der Waals surface area (Å²) in [6, 6.07) is 0. The maximum Gasteiger partial charge on any atom is 0.228 e. The van der Waals surface area contributed by atoms with Gasteiger partial charge in [0, 0.05) is 38.7 Å². The minimum atomic E-state index is 0.0238. The zero-order valence-corrected chi connectivity index (χ0v) is 12.4. The van der Waals surface area contributed by atoms with Crippen molar-refractivity contribution in [3.05, 3.63) is 0 Å². The van der Waals surface area contributed by atoms with Gasteiger partial charge in [0.15, 0.2) is 0 Å². The predicted molar refractivity (Wildman–Crippen MR) is 73.9 cm³/mol. The van der Waals surface area contributed by atoms with Crippen LogP contribution in [0.25, 0.3) is 0 Å². The summed E-state index contributed by atoms with van der Waals surface area (Å²) in [6.07, 6.45) is 0.831. The fourth-order valence-corrected chi connectivity index (χ4v) is 3.72. The Labute approximate surface area is 120 Å². The van der Waals surface area contributed by atoms with Crippen molar-refractivity contribution >= 4 is 11.8 Å². The smallest absolute Gasteiger partial charge is 0.228 e. The Bertz CT molecular complexity index is 404. The van der Waals surface area contributed by atoms with Crippen LogP contribution in [0.15, 0.2) is 0 Å². The second-order valence-corrected chi connectivity index (χ2v) is 6.81. The van der Waals surface area contributed by atoms with Crippen LogP contribution in [-0.2, 0) is 14.3 Å². The van der Waals surface area contributed by atoms with Crippen LogP contribution in [0.5, 0.6) is 0 Å². The first-order chi connectivity index (χ1) is 9.56. The SMILES string of the molecule is CC(C)CN1C[C@@H]2CN(C(=O)C3CCOC3)C[C@@H]2C1=O. The van der Waals surface area contributed by atoms with E-state index in [0.29, 0.717) is 31.6 Å². The molecule has 3 atom stereocenters. The summed E-state index contributed by atoms with van der Waals surface area (Å²) >= 11 is 0. The second kappa shape index (κ2) is 5.35. The molecule has 0 spiro atoms. The van der Waals surface area contributed by atoms with E-state index in [0.717, 1.165) is 26.1 Å². The molecular formula is C15H24N2O3. The molecule has 5 nitrogen and oxygen atoms in total. The van der Waals surface area contributed by atoms with E-state index >= 15 is 0 Å². The van der Waals surface area contributed by atoms with Crippen LogP contribution < -0.4 is 0 Å². The van der Waals surface area contributed by atoms with E-state index in [2.05, 4.69) is 13.8 Å². The molecule has 3 aliphatic heterocycles. The van der Waals surface area contributed by atoms with Crippen LogP contribution in [0.2, 0.25) is 0 Å². The minimum Gasteiger partial charge on any atom is -0.381 e. The molecule has 0 saturated carbocycles. The van der Waals surface area contributed by atoms with Crippen LogP contribution in [0.1, 0.15) is 20.3 Å². The van der Waals surface area contributed by atoms with Crippen LogP contribution >= 0.6 is 0 Å². The first kappa shape index (κ1) is 13.9. The average Bonchev–Trinajstić information content (AvgIpc) is 3.08. The molecule has 3 aliphatic rings. The summed E-state index contributed by atoms with van der Waals surface area (Å²) in [6.45, 7) is 8.56. The van der Waals surface area contributed by atoms with Gasteiger partial charge in [-0.2, -0.15) is 0 Å². The van der Waals surface area contributed by atoms with Gasteiger partial charge in [0.1, 0.15) is 0 Å². The van der Waals surface area contributed by atoms with Gasteiger partial charge in [0.2, 0.25) is 11.8 Å². The first-order valence-corrected chi connectivity index (χ1v) is 7.71. The Morgan fingerprint density at radius 3 is 2.75 bits per heavy atom. The van der Waals surface area contributed by atoms with E-state index in [1.165, 1.54) is 0 Å². The van der Waals surface area contributed by atoms with E-state index < -0.39 is 0 Å². The largest absolute Gasteiger partial charge is 0.381 e. The number of carbonyl (C=O) groups excluding carboxylic acids is 2. The Morgan fingerprint density at radius 1 is 1.35 bits per heavy atom. The van der Waals surface area contributed by atoms with Crippen molar-refractivity contribution < 1.29 is 14.3 Å². The molecule has 3 heterocycles. The monoisotopic (exact) mass is 280 g/mol. The van der Waals surface area contributed by atoms with Crippen molar-refractivity contribution in [1.29, 1.82) is 0 Å². The van der Waals surface area contributed by atoms with Crippen LogP contribution in [-0.4, -0.2) is 61.0 Å². The van der Waals surface area contributed by atoms with Crippen molar-refractivity contribution in [3.8, 4) is 0 Å². The third-order valence-corrected chi connectivity index (χ3v) is 4.70. The quantitative estimate of drug-likeness (QED) is 0.760. The Hall–Kier alpha value is -1.10. The number of fused-ring (bicyclic) bond motifs is 1. The number of hydrogen-bond donors (Lipinski definition) is 0. The fourth-order valence-electron chi connectivity index (χ4n) is 3.72. The van der Waals surface area contributed by atoms with Crippen molar-refractivity contribution in [2.75, 3.05) is 39.4 Å². The van der Waals surface area contributed by atoms with Crippen molar-refractivity contribution in [1.82, 2.24) is 9.80 Å². The summed E-state index contributed by atoms with van der Waals surface area (Å²) in [7, 11) is 0. The van der Waals surface area contributed by atoms with E-state index in [1.54, 1.807) is 0 Å². The molecule has 3 rings (SSSR count). The Morgan fingerprint density at radius 2 is 2.15 bits per heavy atom. The molecule has 0 bridgehead atoms. The van der Waals surface area contributed by atoms with Crippen molar-refractivity contribution in [2.45, 2.75) is 20.3 Å². The van der Waals surface area contributed by atoms with Crippen molar-refractivity contribution in [2.24, 2.45) is 23.7 Å². The van der Waals surface area contributed by atoms with Gasteiger partial charge < -0.3 is 14.5 Å². The average molecular weight is 280 g/mol. The highest BCUT2D eigenvalue weighted by atomic mass is 16.5. The number of nitrogens with zero attached hydrogens (tertiary/aromatic N) is 2. The number of ether oxygens (including phenoxy) is 1. The van der Waals surface area contributed by atoms with Gasteiger partial charge in [-0.15, -0.1) is 0 Å². The molecule has 0 aromatic rings. The topological polar surface area (TPSA) is 49.9 Å². The molecule has 0 radical (unpaired) electrons. The lowest BCUT2D eigenvalue weighted by Gasteiger charge is -2.24. The molecule has 3 fully saturated rings. The molecule has 1 unspecified atom stereocenters. The normalized spacial score (nSPS) is 33.4. The van der Waals surface area contributed by atoms with Gasteiger partial charge in [0.05, 0.1) is 18.4 Å². The third-order valence-electron chi connectivity index (χ3n) is 4.70. The summed E-state index contributed by atoms with van der Waals surface area (Å²) < 4.78 is 5.29. The zero-order chi connectivity index (χ0) is 14.3. The molecule has 0 N–H and O–H groups in total. The maximum absolute atomic E-state index is 12.4. The number of carbonyl (C=O) groups is 2. The van der Waals surface area contributed by atoms with E-state index in [4.69, 9.17) is 4.74 Å². The molecule has 20 heavy (non-hydrogen) atoms. The van der Waals surface area contributed by atoms with Gasteiger partial charge in [-0.1, -0.05) is 13.8 Å². The van der Waals surface area contributed by atoms with Crippen LogP contribution in [0.4, 0.5) is 0 Å². The number of hydrogen-bond acceptors (Lipinski definition) is 3. The summed E-state index contributed by atoms with van der Waals surface area (Å²) in [5, 5.41) is 0. The Balaban J connectivity index is 1.59. The first-order valence-electron chi connectivity index (χ1n) is 7.71. The van der Waals surface area contributed by atoms with Crippen LogP contribution in [0.3, 0.4) is 0 Å². The van der Waals surface area contributed by atoms with Gasteiger partial charge in [-0.25, -0.2) is 0 Å². The highest BCUT2D eigenvalue weighted by Gasteiger charge is 2.48. The second-order valence-electron chi connectivity index (χ2n) is 6.81. The zero-order valence-electron chi connectivity index (χ0n) is 12.4. The summed E-state index contributed by atoms with van der Waals surface area (Å²) in [4.78, 5) is 28.6. The number of likely N-dealkylation sites (tertiary alicyclic amines) is 2. The van der Waals surface area contributed by atoms with E-state index in [1.807, 2.05) is 9.80 Å². The molecule has 0 aliphatic carbocycles. The lowest BCUT2D eigenvalue weighted by molar-refractivity contribution is -0.136. The molecule has 2 amide bonds. The van der Waals surface area contributed by atoms with Crippen molar-refractivity contribution in [3.63, 3.8) is 0 Å². The fraction of sp³-hybridized carbons (Fsp3) is 0.867. The van der Waals surface area contributed by atoms with E-state index in [9.17, 15) is 9.59 Å².